The van der Waals surface area contributed by atoms with Crippen molar-refractivity contribution in [2.24, 2.45) is 17.3 Å². The molecule has 0 bridgehead atoms. The standard InChI is InChI=1S/C37H42F3N5O4/c1-36(2,3)32(43-34(47)27(22-44(49)23-46)19-24-9-7-8-10-24)35(48)41-29-17-18-31-30(20-29)42-33(45(31)21-25-11-5-4-6-12-25)26-13-15-28(16-14-26)37(38,39)40/h4-6,11-18,20,23-24,27,32,49H,7-10,19,21-22H2,1-3H3,(H,41,48)(H,43,47)/t27-,32-/m1/s1. The third-order valence-corrected chi connectivity index (χ3v) is 9.08. The third-order valence-electron chi connectivity index (χ3n) is 9.08. The van der Waals surface area contributed by atoms with Gasteiger partial charge in [-0.15, -0.1) is 0 Å². The monoisotopic (exact) mass is 677 g/mol. The summed E-state index contributed by atoms with van der Waals surface area (Å²) in [5, 5.41) is 16.2. The smallest absolute Gasteiger partial charge is 0.343 e. The van der Waals surface area contributed by atoms with Gasteiger partial charge in [0.15, 0.2) is 0 Å². The normalized spacial score (nSPS) is 15.2. The van der Waals surface area contributed by atoms with Crippen LogP contribution in [-0.2, 0) is 27.1 Å². The third kappa shape index (κ3) is 8.86. The highest BCUT2D eigenvalue weighted by Crippen LogP contribution is 2.34. The largest absolute Gasteiger partial charge is 0.416 e. The number of carbonyl (C=O) groups is 3. The number of benzene rings is 3. The van der Waals surface area contributed by atoms with Crippen molar-refractivity contribution in [3.63, 3.8) is 0 Å². The average Bonchev–Trinajstić information content (AvgIpc) is 3.70. The Bertz CT molecular complexity index is 1760. The molecular formula is C37H42F3N5O4. The lowest BCUT2D eigenvalue weighted by Gasteiger charge is -2.32. The van der Waals surface area contributed by atoms with E-state index < -0.39 is 40.9 Å². The lowest BCUT2D eigenvalue weighted by molar-refractivity contribution is -0.155. The second kappa shape index (κ2) is 14.8. The number of fused-ring (bicyclic) bond motifs is 1. The van der Waals surface area contributed by atoms with Crippen molar-refractivity contribution in [2.45, 2.75) is 71.6 Å². The van der Waals surface area contributed by atoms with Crippen LogP contribution >= 0.6 is 0 Å². The van der Waals surface area contributed by atoms with Gasteiger partial charge in [-0.2, -0.15) is 13.2 Å². The molecule has 1 aliphatic carbocycles. The summed E-state index contributed by atoms with van der Waals surface area (Å²) in [5.41, 5.74) is 1.69. The van der Waals surface area contributed by atoms with Gasteiger partial charge in [-0.05, 0) is 53.6 Å². The Balaban J connectivity index is 1.41. The van der Waals surface area contributed by atoms with Crippen LogP contribution in [0.1, 0.15) is 64.0 Å². The highest BCUT2D eigenvalue weighted by atomic mass is 19.4. The molecule has 1 fully saturated rings. The van der Waals surface area contributed by atoms with Crippen LogP contribution in [0.25, 0.3) is 22.4 Å². The van der Waals surface area contributed by atoms with E-state index in [1.165, 1.54) is 12.1 Å². The number of amides is 3. The number of halogens is 3. The number of nitrogens with one attached hydrogen (secondary N) is 2. The molecule has 1 heterocycles. The Morgan fingerprint density at radius 3 is 2.29 bits per heavy atom. The zero-order valence-corrected chi connectivity index (χ0v) is 27.8. The summed E-state index contributed by atoms with van der Waals surface area (Å²) in [7, 11) is 0. The molecule has 3 N–H and O–H groups in total. The molecule has 0 saturated heterocycles. The molecule has 2 atom stereocenters. The number of nitrogens with zero attached hydrogens (tertiary/aromatic N) is 3. The SMILES string of the molecule is CC(C)(C)[C@H](NC(=O)[C@H](CC1CCCC1)CN(O)C=O)C(=O)Nc1ccc2c(c1)nc(-c1ccc(C(F)(F)F)cc1)n2Cc1ccccc1. The molecule has 0 unspecified atom stereocenters. The van der Waals surface area contributed by atoms with Crippen molar-refractivity contribution >= 4 is 34.9 Å². The van der Waals surface area contributed by atoms with Crippen LogP contribution in [0.2, 0.25) is 0 Å². The molecule has 0 aliphatic heterocycles. The van der Waals surface area contributed by atoms with Gasteiger partial charge in [0.05, 0.1) is 29.1 Å². The van der Waals surface area contributed by atoms with E-state index in [9.17, 15) is 32.8 Å². The molecule has 260 valence electrons. The number of hydrogen-bond donors (Lipinski definition) is 3. The molecule has 49 heavy (non-hydrogen) atoms. The first kappa shape index (κ1) is 35.6. The zero-order valence-electron chi connectivity index (χ0n) is 27.8. The summed E-state index contributed by atoms with van der Waals surface area (Å²) in [6.07, 6.45) is 0.396. The first-order valence-corrected chi connectivity index (χ1v) is 16.5. The van der Waals surface area contributed by atoms with Gasteiger partial charge >= 0.3 is 6.18 Å². The Hall–Kier alpha value is -4.71. The van der Waals surface area contributed by atoms with Crippen molar-refractivity contribution < 1.29 is 32.8 Å². The number of hydroxylamine groups is 2. The van der Waals surface area contributed by atoms with Crippen molar-refractivity contribution in [1.29, 1.82) is 0 Å². The second-order valence-electron chi connectivity index (χ2n) is 13.9. The van der Waals surface area contributed by atoms with Crippen LogP contribution < -0.4 is 10.6 Å². The molecule has 3 amide bonds. The molecular weight excluding hydrogens is 635 g/mol. The lowest BCUT2D eigenvalue weighted by atomic mass is 9.85. The second-order valence-corrected chi connectivity index (χ2v) is 13.9. The molecule has 1 saturated carbocycles. The topological polar surface area (TPSA) is 117 Å². The van der Waals surface area contributed by atoms with E-state index in [-0.39, 0.29) is 13.0 Å². The number of carbonyl (C=O) groups excluding carboxylic acids is 3. The van der Waals surface area contributed by atoms with Gasteiger partial charge in [-0.25, -0.2) is 10.0 Å². The Morgan fingerprint density at radius 2 is 1.67 bits per heavy atom. The summed E-state index contributed by atoms with van der Waals surface area (Å²) in [6.45, 7) is 5.73. The fourth-order valence-electron chi connectivity index (χ4n) is 6.49. The van der Waals surface area contributed by atoms with Crippen LogP contribution in [0.5, 0.6) is 0 Å². The van der Waals surface area contributed by atoms with Crippen molar-refractivity contribution in [2.75, 3.05) is 11.9 Å². The lowest BCUT2D eigenvalue weighted by Crippen LogP contribution is -2.54. The van der Waals surface area contributed by atoms with Gasteiger partial charge in [0.25, 0.3) is 0 Å². The van der Waals surface area contributed by atoms with Gasteiger partial charge in [0.1, 0.15) is 11.9 Å². The predicted octanol–water partition coefficient (Wildman–Crippen LogP) is 7.28. The first-order chi connectivity index (χ1) is 23.2. The number of rotatable bonds is 12. The van der Waals surface area contributed by atoms with Crippen LogP contribution in [0, 0.1) is 17.3 Å². The quantitative estimate of drug-likeness (QED) is 0.0828. The minimum Gasteiger partial charge on any atom is -0.343 e. The summed E-state index contributed by atoms with van der Waals surface area (Å²) in [5.74, 6) is -0.789. The molecule has 3 aromatic carbocycles. The van der Waals surface area contributed by atoms with Gasteiger partial charge in [-0.1, -0.05) is 88.9 Å². The van der Waals surface area contributed by atoms with E-state index in [1.807, 2.05) is 55.7 Å². The molecule has 1 aliphatic rings. The number of imidazole rings is 1. The first-order valence-electron chi connectivity index (χ1n) is 16.5. The average molecular weight is 678 g/mol. The van der Waals surface area contributed by atoms with Crippen LogP contribution in [-0.4, -0.2) is 50.6 Å². The minimum absolute atomic E-state index is 0.173. The van der Waals surface area contributed by atoms with Gasteiger partial charge in [-0.3, -0.25) is 19.6 Å². The van der Waals surface area contributed by atoms with Crippen LogP contribution in [0.3, 0.4) is 0 Å². The van der Waals surface area contributed by atoms with Crippen LogP contribution in [0.4, 0.5) is 18.9 Å². The molecule has 5 rings (SSSR count). The maximum Gasteiger partial charge on any atom is 0.416 e. The molecule has 0 spiro atoms. The number of aromatic nitrogens is 2. The van der Waals surface area contributed by atoms with E-state index in [0.717, 1.165) is 48.9 Å². The highest BCUT2D eigenvalue weighted by molar-refractivity contribution is 5.99. The number of anilines is 1. The molecule has 1 aromatic heterocycles. The van der Waals surface area contributed by atoms with Gasteiger partial charge in [0, 0.05) is 17.8 Å². The molecule has 0 radical (unpaired) electrons. The summed E-state index contributed by atoms with van der Waals surface area (Å²) >= 11 is 0. The predicted molar refractivity (Wildman–Crippen MR) is 180 cm³/mol. The van der Waals surface area contributed by atoms with E-state index in [1.54, 1.807) is 18.2 Å². The van der Waals surface area contributed by atoms with Crippen molar-refractivity contribution in [3.8, 4) is 11.4 Å². The number of hydrogen-bond acceptors (Lipinski definition) is 5. The molecule has 9 nitrogen and oxygen atoms in total. The maximum atomic E-state index is 13.8. The van der Waals surface area contributed by atoms with E-state index in [2.05, 4.69) is 10.6 Å². The Labute approximate surface area is 283 Å². The summed E-state index contributed by atoms with van der Waals surface area (Å²) in [6, 6.07) is 18.7. The minimum atomic E-state index is -4.47. The Morgan fingerprint density at radius 1 is 1.00 bits per heavy atom. The van der Waals surface area contributed by atoms with Crippen LogP contribution in [0.15, 0.2) is 72.8 Å². The number of alkyl halides is 3. The highest BCUT2D eigenvalue weighted by Gasteiger charge is 2.36. The summed E-state index contributed by atoms with van der Waals surface area (Å²) < 4.78 is 41.8. The van der Waals surface area contributed by atoms with Crippen molar-refractivity contribution in [3.05, 3.63) is 83.9 Å². The van der Waals surface area contributed by atoms with Gasteiger partial charge < -0.3 is 15.2 Å². The zero-order chi connectivity index (χ0) is 35.3. The van der Waals surface area contributed by atoms with Crippen molar-refractivity contribution in [1.82, 2.24) is 19.9 Å². The van der Waals surface area contributed by atoms with E-state index in [4.69, 9.17) is 4.98 Å². The van der Waals surface area contributed by atoms with E-state index in [0.29, 0.717) is 46.5 Å². The molecule has 12 heteroatoms. The maximum absolute atomic E-state index is 13.8. The summed E-state index contributed by atoms with van der Waals surface area (Å²) in [4.78, 5) is 43.3. The fraction of sp³-hybridized carbons (Fsp3) is 0.405. The molecule has 4 aromatic rings. The fourth-order valence-corrected chi connectivity index (χ4v) is 6.49. The van der Waals surface area contributed by atoms with E-state index >= 15 is 0 Å². The Kier molecular flexibility index (Phi) is 10.8. The van der Waals surface area contributed by atoms with Gasteiger partial charge in [0.2, 0.25) is 18.2 Å².